The van der Waals surface area contributed by atoms with Crippen molar-refractivity contribution in [1.82, 2.24) is 5.32 Å². The van der Waals surface area contributed by atoms with Crippen molar-refractivity contribution in [3.05, 3.63) is 22.4 Å². The van der Waals surface area contributed by atoms with Crippen molar-refractivity contribution in [1.29, 1.82) is 0 Å². The Hall–Kier alpha value is -0.380. The van der Waals surface area contributed by atoms with E-state index in [-0.39, 0.29) is 0 Å². The van der Waals surface area contributed by atoms with Crippen LogP contribution in [0.25, 0.3) is 0 Å². The summed E-state index contributed by atoms with van der Waals surface area (Å²) >= 11 is 1.85. The van der Waals surface area contributed by atoms with E-state index in [0.717, 1.165) is 19.6 Å². The quantitative estimate of drug-likeness (QED) is 0.824. The largest absolute Gasteiger partial charge is 0.377 e. The first-order valence-electron chi connectivity index (χ1n) is 6.27. The topological polar surface area (TPSA) is 21.3 Å². The van der Waals surface area contributed by atoms with E-state index in [1.54, 1.807) is 0 Å². The fraction of sp³-hybridized carbons (Fsp3) is 0.692. The van der Waals surface area contributed by atoms with Gasteiger partial charge in [0, 0.05) is 17.5 Å². The maximum Gasteiger partial charge on any atom is 0.0732 e. The summed E-state index contributed by atoms with van der Waals surface area (Å²) in [6, 6.07) is 4.85. The molecule has 0 spiro atoms. The lowest BCUT2D eigenvalue weighted by molar-refractivity contribution is 0.0786. The highest BCUT2D eigenvalue weighted by molar-refractivity contribution is 7.09. The minimum Gasteiger partial charge on any atom is -0.377 e. The summed E-state index contributed by atoms with van der Waals surface area (Å²) in [5, 5.41) is 5.79. The summed E-state index contributed by atoms with van der Waals surface area (Å²) in [6.45, 7) is 4.25. The van der Waals surface area contributed by atoms with Gasteiger partial charge < -0.3 is 10.1 Å². The summed E-state index contributed by atoms with van der Waals surface area (Å²) in [7, 11) is 0. The fourth-order valence-electron chi connectivity index (χ4n) is 2.23. The van der Waals surface area contributed by atoms with Crippen LogP contribution in [0.1, 0.15) is 31.1 Å². The van der Waals surface area contributed by atoms with Crippen molar-refractivity contribution in [3.8, 4) is 0 Å². The highest BCUT2D eigenvalue weighted by Gasteiger charge is 2.25. The third-order valence-corrected chi connectivity index (χ3v) is 3.97. The average Bonchev–Trinajstić information content (AvgIpc) is 2.96. The van der Waals surface area contributed by atoms with Crippen molar-refractivity contribution in [2.24, 2.45) is 0 Å². The average molecular weight is 239 g/mol. The Morgan fingerprint density at radius 2 is 2.56 bits per heavy atom. The Bertz CT molecular complexity index is 280. The van der Waals surface area contributed by atoms with Crippen LogP contribution in [-0.2, 0) is 11.2 Å². The van der Waals surface area contributed by atoms with Gasteiger partial charge in [-0.2, -0.15) is 0 Å². The molecule has 1 aliphatic heterocycles. The molecule has 0 amide bonds. The first kappa shape index (κ1) is 12.1. The van der Waals surface area contributed by atoms with Crippen molar-refractivity contribution in [3.63, 3.8) is 0 Å². The fourth-order valence-corrected chi connectivity index (χ4v) is 3.00. The number of hydrogen-bond donors (Lipinski definition) is 1. The van der Waals surface area contributed by atoms with Gasteiger partial charge in [0.25, 0.3) is 0 Å². The Morgan fingerprint density at radius 3 is 3.19 bits per heavy atom. The molecule has 2 unspecified atom stereocenters. The smallest absolute Gasteiger partial charge is 0.0732 e. The molecule has 90 valence electrons. The molecule has 2 rings (SSSR count). The van der Waals surface area contributed by atoms with Gasteiger partial charge in [0.1, 0.15) is 0 Å². The maximum absolute atomic E-state index is 5.80. The van der Waals surface area contributed by atoms with E-state index < -0.39 is 0 Å². The van der Waals surface area contributed by atoms with Crippen molar-refractivity contribution in [2.45, 2.75) is 44.8 Å². The van der Waals surface area contributed by atoms with Crippen LogP contribution in [0.15, 0.2) is 17.5 Å². The summed E-state index contributed by atoms with van der Waals surface area (Å²) in [5.74, 6) is 0. The van der Waals surface area contributed by atoms with Crippen LogP contribution in [0, 0.1) is 0 Å². The molecule has 2 atom stereocenters. The zero-order valence-electron chi connectivity index (χ0n) is 9.95. The minimum atomic E-state index is 0.425. The Kier molecular flexibility index (Phi) is 4.82. The van der Waals surface area contributed by atoms with Crippen molar-refractivity contribution >= 4 is 11.3 Å². The Morgan fingerprint density at radius 1 is 1.62 bits per heavy atom. The van der Waals surface area contributed by atoms with Crippen LogP contribution in [-0.4, -0.2) is 25.3 Å². The molecule has 1 saturated heterocycles. The van der Waals surface area contributed by atoms with Gasteiger partial charge in [-0.05, 0) is 43.7 Å². The predicted molar refractivity (Wildman–Crippen MR) is 69.1 cm³/mol. The Balaban J connectivity index is 1.90. The Labute approximate surface area is 102 Å². The molecule has 3 heteroatoms. The summed E-state index contributed by atoms with van der Waals surface area (Å²) in [6.07, 6.45) is 5.16. The summed E-state index contributed by atoms with van der Waals surface area (Å²) in [4.78, 5) is 1.46. The molecular weight excluding hydrogens is 218 g/mol. The first-order chi connectivity index (χ1) is 7.90. The summed E-state index contributed by atoms with van der Waals surface area (Å²) < 4.78 is 5.80. The molecule has 1 aliphatic rings. The van der Waals surface area contributed by atoms with Crippen molar-refractivity contribution in [2.75, 3.05) is 13.2 Å². The van der Waals surface area contributed by atoms with Crippen molar-refractivity contribution < 1.29 is 4.74 Å². The second kappa shape index (κ2) is 6.38. The molecule has 1 N–H and O–H groups in total. The lowest BCUT2D eigenvalue weighted by atomic mass is 10.0. The normalized spacial score (nSPS) is 22.4. The van der Waals surface area contributed by atoms with E-state index in [2.05, 4.69) is 29.8 Å². The second-order valence-corrected chi connectivity index (χ2v) is 5.43. The number of rotatable bonds is 6. The van der Waals surface area contributed by atoms with Gasteiger partial charge in [-0.25, -0.2) is 0 Å². The monoisotopic (exact) mass is 239 g/mol. The molecule has 2 nitrogen and oxygen atoms in total. The summed E-state index contributed by atoms with van der Waals surface area (Å²) in [5.41, 5.74) is 0. The molecule has 1 fully saturated rings. The molecule has 0 aromatic carbocycles. The molecule has 0 saturated carbocycles. The van der Waals surface area contributed by atoms with Gasteiger partial charge in [0.2, 0.25) is 0 Å². The SMILES string of the molecule is CCCNC(Cc1cccs1)C1CCCO1. The van der Waals surface area contributed by atoms with Gasteiger partial charge >= 0.3 is 0 Å². The van der Waals surface area contributed by atoms with Gasteiger partial charge in [-0.1, -0.05) is 13.0 Å². The molecule has 16 heavy (non-hydrogen) atoms. The highest BCUT2D eigenvalue weighted by Crippen LogP contribution is 2.20. The molecule has 1 aromatic rings. The molecule has 0 aliphatic carbocycles. The second-order valence-electron chi connectivity index (χ2n) is 4.40. The van der Waals surface area contributed by atoms with Gasteiger partial charge in [-0.15, -0.1) is 11.3 Å². The van der Waals surface area contributed by atoms with Gasteiger partial charge in [0.15, 0.2) is 0 Å². The van der Waals surface area contributed by atoms with E-state index in [1.165, 1.54) is 24.1 Å². The minimum absolute atomic E-state index is 0.425. The highest BCUT2D eigenvalue weighted by atomic mass is 32.1. The molecular formula is C13H21NOS. The zero-order chi connectivity index (χ0) is 11.2. The van der Waals surface area contributed by atoms with Crippen LogP contribution in [0.4, 0.5) is 0 Å². The van der Waals surface area contributed by atoms with Crippen LogP contribution in [0.5, 0.6) is 0 Å². The maximum atomic E-state index is 5.80. The van der Waals surface area contributed by atoms with E-state index in [0.29, 0.717) is 12.1 Å². The van der Waals surface area contributed by atoms with E-state index in [1.807, 2.05) is 11.3 Å². The third-order valence-electron chi connectivity index (χ3n) is 3.07. The zero-order valence-corrected chi connectivity index (χ0v) is 10.8. The van der Waals surface area contributed by atoms with E-state index >= 15 is 0 Å². The number of ether oxygens (including phenoxy) is 1. The number of thiophene rings is 1. The van der Waals surface area contributed by atoms with Gasteiger partial charge in [-0.3, -0.25) is 0 Å². The lowest BCUT2D eigenvalue weighted by Crippen LogP contribution is -2.41. The first-order valence-corrected chi connectivity index (χ1v) is 7.15. The predicted octanol–water partition coefficient (Wildman–Crippen LogP) is 2.84. The van der Waals surface area contributed by atoms with Gasteiger partial charge in [0.05, 0.1) is 6.10 Å². The number of nitrogens with one attached hydrogen (secondary N) is 1. The van der Waals surface area contributed by atoms with E-state index in [4.69, 9.17) is 4.74 Å². The van der Waals surface area contributed by atoms with Crippen LogP contribution in [0.2, 0.25) is 0 Å². The number of hydrogen-bond acceptors (Lipinski definition) is 3. The molecule has 1 aromatic heterocycles. The van der Waals surface area contributed by atoms with Crippen LogP contribution >= 0.6 is 11.3 Å². The standard InChI is InChI=1S/C13H21NOS/c1-2-7-14-12(13-6-3-8-15-13)10-11-5-4-9-16-11/h4-5,9,12-14H,2-3,6-8,10H2,1H3. The molecule has 2 heterocycles. The van der Waals surface area contributed by atoms with Crippen LogP contribution < -0.4 is 5.32 Å². The third kappa shape index (κ3) is 3.30. The lowest BCUT2D eigenvalue weighted by Gasteiger charge is -2.23. The molecule has 0 bridgehead atoms. The molecule has 0 radical (unpaired) electrons. The van der Waals surface area contributed by atoms with E-state index in [9.17, 15) is 0 Å². The van der Waals surface area contributed by atoms with Crippen LogP contribution in [0.3, 0.4) is 0 Å².